The molecular weight excluding hydrogens is 439 g/mol. The van der Waals surface area contributed by atoms with Crippen molar-refractivity contribution in [2.24, 2.45) is 0 Å². The molecule has 2 aliphatic rings. The molecule has 0 spiro atoms. The number of benzene rings is 1. The van der Waals surface area contributed by atoms with Crippen molar-refractivity contribution in [1.29, 1.82) is 0 Å². The lowest BCUT2D eigenvalue weighted by Crippen LogP contribution is -2.50. The Labute approximate surface area is 189 Å². The number of amides is 2. The number of ether oxygens (including phenoxy) is 1. The highest BCUT2D eigenvalue weighted by Gasteiger charge is 2.47. The zero-order chi connectivity index (χ0) is 23.8. The molecule has 2 aliphatic heterocycles. The summed E-state index contributed by atoms with van der Waals surface area (Å²) in [6.45, 7) is 4.97. The first kappa shape index (κ1) is 22.9. The van der Waals surface area contributed by atoms with Crippen LogP contribution in [-0.2, 0) is 4.74 Å². The predicted molar refractivity (Wildman–Crippen MR) is 114 cm³/mol. The van der Waals surface area contributed by atoms with E-state index < -0.39 is 30.3 Å². The van der Waals surface area contributed by atoms with E-state index in [0.29, 0.717) is 18.7 Å². The van der Waals surface area contributed by atoms with Crippen LogP contribution in [0.25, 0.3) is 0 Å². The molecule has 2 unspecified atom stereocenters. The molecule has 8 nitrogen and oxygen atoms in total. The second kappa shape index (κ2) is 8.95. The SMILES string of the molecule is CCOC(=O)N1CCN(C(=O)c2cnn3c2NC(c2ccc(C)cc2)CC3C(F)(F)F)CC1. The highest BCUT2D eigenvalue weighted by molar-refractivity contribution is 5.99. The van der Waals surface area contributed by atoms with Gasteiger partial charge in [-0.1, -0.05) is 29.8 Å². The minimum Gasteiger partial charge on any atom is -0.450 e. The maximum atomic E-state index is 13.9. The molecule has 0 radical (unpaired) electrons. The number of carbonyl (C=O) groups is 2. The maximum absolute atomic E-state index is 13.9. The Morgan fingerprint density at radius 2 is 1.76 bits per heavy atom. The molecule has 2 atom stereocenters. The Kier molecular flexibility index (Phi) is 6.22. The molecule has 0 bridgehead atoms. The molecule has 2 aromatic rings. The van der Waals surface area contributed by atoms with E-state index in [1.165, 1.54) is 16.0 Å². The summed E-state index contributed by atoms with van der Waals surface area (Å²) in [4.78, 5) is 28.1. The van der Waals surface area contributed by atoms with Crippen molar-refractivity contribution in [3.05, 3.63) is 47.2 Å². The molecule has 3 heterocycles. The number of carbonyl (C=O) groups excluding carboxylic acids is 2. The number of aryl methyl sites for hydroxylation is 1. The van der Waals surface area contributed by atoms with Gasteiger partial charge in [-0.3, -0.25) is 4.79 Å². The average Bonchev–Trinajstić information content (AvgIpc) is 3.22. The molecule has 1 aromatic heterocycles. The number of anilines is 1. The van der Waals surface area contributed by atoms with Crippen LogP contribution in [-0.4, -0.2) is 70.5 Å². The number of nitrogens with zero attached hydrogens (tertiary/aromatic N) is 4. The first-order valence-corrected chi connectivity index (χ1v) is 10.9. The second-order valence-corrected chi connectivity index (χ2v) is 8.23. The maximum Gasteiger partial charge on any atom is 0.410 e. The summed E-state index contributed by atoms with van der Waals surface area (Å²) in [6.07, 6.45) is -3.99. The third kappa shape index (κ3) is 4.62. The number of hydrogen-bond donors (Lipinski definition) is 1. The van der Waals surface area contributed by atoms with Gasteiger partial charge in [0.2, 0.25) is 0 Å². The molecule has 4 rings (SSSR count). The van der Waals surface area contributed by atoms with Crippen LogP contribution in [0.1, 0.15) is 46.9 Å². The van der Waals surface area contributed by atoms with E-state index in [4.69, 9.17) is 4.74 Å². The standard InChI is InChI=1S/C22H26F3N5O3/c1-3-33-21(32)29-10-8-28(9-11-29)20(31)16-13-26-30-18(22(23,24)25)12-17(27-19(16)30)15-6-4-14(2)5-7-15/h4-7,13,17-18,27H,3,8-12H2,1-2H3. The smallest absolute Gasteiger partial charge is 0.410 e. The van der Waals surface area contributed by atoms with Crippen molar-refractivity contribution in [3.63, 3.8) is 0 Å². The largest absolute Gasteiger partial charge is 0.450 e. The molecule has 0 aliphatic carbocycles. The number of hydrogen-bond acceptors (Lipinski definition) is 5. The van der Waals surface area contributed by atoms with Crippen molar-refractivity contribution >= 4 is 17.8 Å². The van der Waals surface area contributed by atoms with E-state index in [0.717, 1.165) is 10.2 Å². The molecule has 2 amide bonds. The Balaban J connectivity index is 1.57. The van der Waals surface area contributed by atoms with Crippen LogP contribution < -0.4 is 5.32 Å². The highest BCUT2D eigenvalue weighted by atomic mass is 19.4. The van der Waals surface area contributed by atoms with Gasteiger partial charge in [-0.2, -0.15) is 18.3 Å². The number of rotatable bonds is 3. The molecule has 1 saturated heterocycles. The summed E-state index contributed by atoms with van der Waals surface area (Å²) in [7, 11) is 0. The summed E-state index contributed by atoms with van der Waals surface area (Å²) in [5.41, 5.74) is 1.80. The highest BCUT2D eigenvalue weighted by Crippen LogP contribution is 2.44. The number of nitrogens with one attached hydrogen (secondary N) is 1. The number of alkyl halides is 3. The molecule has 11 heteroatoms. The van der Waals surface area contributed by atoms with Gasteiger partial charge in [-0.05, 0) is 19.4 Å². The number of piperazine rings is 1. The summed E-state index contributed by atoms with van der Waals surface area (Å²) >= 11 is 0. The van der Waals surface area contributed by atoms with Gasteiger partial charge < -0.3 is 19.9 Å². The van der Waals surface area contributed by atoms with Crippen LogP contribution in [0.4, 0.5) is 23.8 Å². The molecule has 0 saturated carbocycles. The molecular formula is C22H26F3N5O3. The zero-order valence-corrected chi connectivity index (χ0v) is 18.4. The molecule has 33 heavy (non-hydrogen) atoms. The van der Waals surface area contributed by atoms with Gasteiger partial charge in [0.1, 0.15) is 11.4 Å². The normalized spacial score (nSPS) is 20.8. The molecule has 1 aromatic carbocycles. The monoisotopic (exact) mass is 465 g/mol. The first-order valence-electron chi connectivity index (χ1n) is 10.9. The lowest BCUT2D eigenvalue weighted by Gasteiger charge is -2.36. The van der Waals surface area contributed by atoms with Gasteiger partial charge in [0, 0.05) is 32.6 Å². The van der Waals surface area contributed by atoms with Gasteiger partial charge >= 0.3 is 12.3 Å². The van der Waals surface area contributed by atoms with E-state index in [2.05, 4.69) is 10.4 Å². The molecule has 1 fully saturated rings. The van der Waals surface area contributed by atoms with Crippen molar-refractivity contribution in [1.82, 2.24) is 19.6 Å². The predicted octanol–water partition coefficient (Wildman–Crippen LogP) is 3.77. The summed E-state index contributed by atoms with van der Waals surface area (Å²) in [5.74, 6) is -0.357. The quantitative estimate of drug-likeness (QED) is 0.747. The number of aromatic nitrogens is 2. The van der Waals surface area contributed by atoms with Gasteiger partial charge in [-0.15, -0.1) is 0 Å². The van der Waals surface area contributed by atoms with E-state index >= 15 is 0 Å². The van der Waals surface area contributed by atoms with E-state index in [-0.39, 0.29) is 37.5 Å². The fourth-order valence-electron chi connectivity index (χ4n) is 4.21. The van der Waals surface area contributed by atoms with Gasteiger partial charge in [0.05, 0.1) is 18.8 Å². The third-order valence-corrected chi connectivity index (χ3v) is 6.04. The van der Waals surface area contributed by atoms with E-state index in [1.807, 2.05) is 19.1 Å². The van der Waals surface area contributed by atoms with Crippen molar-refractivity contribution in [3.8, 4) is 0 Å². The van der Waals surface area contributed by atoms with E-state index in [1.54, 1.807) is 19.1 Å². The van der Waals surface area contributed by atoms with Crippen molar-refractivity contribution < 1.29 is 27.5 Å². The van der Waals surface area contributed by atoms with Gasteiger partial charge in [-0.25, -0.2) is 9.48 Å². The summed E-state index contributed by atoms with van der Waals surface area (Å²) in [5, 5.41) is 7.05. The third-order valence-electron chi connectivity index (χ3n) is 6.04. The van der Waals surface area contributed by atoms with E-state index in [9.17, 15) is 22.8 Å². The van der Waals surface area contributed by atoms with Gasteiger partial charge in [0.15, 0.2) is 6.04 Å². The topological polar surface area (TPSA) is 79.7 Å². The molecule has 178 valence electrons. The summed E-state index contributed by atoms with van der Waals surface area (Å²) < 4.78 is 47.5. The van der Waals surface area contributed by atoms with Crippen molar-refractivity contribution in [2.45, 2.75) is 38.5 Å². The fourth-order valence-corrected chi connectivity index (χ4v) is 4.21. The van der Waals surface area contributed by atoms with Crippen LogP contribution in [0.3, 0.4) is 0 Å². The van der Waals surface area contributed by atoms with Crippen LogP contribution in [0.2, 0.25) is 0 Å². The minimum atomic E-state index is -4.52. The second-order valence-electron chi connectivity index (χ2n) is 8.23. The lowest BCUT2D eigenvalue weighted by molar-refractivity contribution is -0.173. The van der Waals surface area contributed by atoms with Crippen LogP contribution in [0.15, 0.2) is 30.5 Å². The van der Waals surface area contributed by atoms with Crippen LogP contribution in [0, 0.1) is 6.92 Å². The van der Waals surface area contributed by atoms with Gasteiger partial charge in [0.25, 0.3) is 5.91 Å². The molecule has 1 N–H and O–H groups in total. The lowest BCUT2D eigenvalue weighted by atomic mass is 9.96. The van der Waals surface area contributed by atoms with Crippen LogP contribution >= 0.6 is 0 Å². The Hall–Kier alpha value is -3.24. The Bertz CT molecular complexity index is 1010. The minimum absolute atomic E-state index is 0.0620. The summed E-state index contributed by atoms with van der Waals surface area (Å²) in [6, 6.07) is 4.82. The Morgan fingerprint density at radius 1 is 1.12 bits per heavy atom. The number of halogens is 3. The van der Waals surface area contributed by atoms with Crippen molar-refractivity contribution in [2.75, 3.05) is 38.1 Å². The average molecular weight is 465 g/mol. The zero-order valence-electron chi connectivity index (χ0n) is 18.4. The Morgan fingerprint density at radius 3 is 2.36 bits per heavy atom. The van der Waals surface area contributed by atoms with Crippen LogP contribution in [0.5, 0.6) is 0 Å². The number of fused-ring (bicyclic) bond motifs is 1. The first-order chi connectivity index (χ1) is 15.7. The fraction of sp³-hybridized carbons (Fsp3) is 0.500.